The molecule has 1 fully saturated rings. The van der Waals surface area contributed by atoms with Gasteiger partial charge in [-0.3, -0.25) is 4.79 Å². The van der Waals surface area contributed by atoms with Gasteiger partial charge in [-0.25, -0.2) is 4.98 Å². The monoisotopic (exact) mass is 314 g/mol. The van der Waals surface area contributed by atoms with Crippen LogP contribution in [0, 0.1) is 0 Å². The van der Waals surface area contributed by atoms with Gasteiger partial charge in [-0.15, -0.1) is 0 Å². The molecule has 0 atom stereocenters. The van der Waals surface area contributed by atoms with Gasteiger partial charge in [-0.1, -0.05) is 55.3 Å². The second kappa shape index (κ2) is 7.14. The minimum atomic E-state index is 0.170. The van der Waals surface area contributed by atoms with Gasteiger partial charge in [0, 0.05) is 25.0 Å². The van der Waals surface area contributed by atoms with Crippen LogP contribution >= 0.6 is 11.8 Å². The number of carbonyl (C=O) groups excluding carboxylic acids is 1. The van der Waals surface area contributed by atoms with Crippen LogP contribution in [0.3, 0.4) is 0 Å². The summed E-state index contributed by atoms with van der Waals surface area (Å²) >= 11 is 1.49. The quantitative estimate of drug-likeness (QED) is 0.604. The number of carbonyl (C=O) groups is 1. The third-order valence-corrected chi connectivity index (χ3v) is 5.48. The number of thioether (sulfide) groups is 1. The van der Waals surface area contributed by atoms with Crippen molar-refractivity contribution >= 4 is 17.5 Å². The van der Waals surface area contributed by atoms with Crippen molar-refractivity contribution in [1.29, 1.82) is 0 Å². The molecule has 3 nitrogen and oxygen atoms in total. The van der Waals surface area contributed by atoms with Crippen LogP contribution in [0.2, 0.25) is 0 Å². The van der Waals surface area contributed by atoms with E-state index < -0.39 is 0 Å². The summed E-state index contributed by atoms with van der Waals surface area (Å²) in [6, 6.07) is 8.28. The molecule has 4 heteroatoms. The number of nitrogens with zero attached hydrogens (tertiary/aromatic N) is 2. The molecule has 0 unspecified atom stereocenters. The molecule has 0 N–H and O–H groups in total. The Morgan fingerprint density at radius 3 is 2.59 bits per heavy atom. The van der Waals surface area contributed by atoms with E-state index in [9.17, 15) is 4.79 Å². The van der Waals surface area contributed by atoms with Gasteiger partial charge < -0.3 is 4.57 Å². The van der Waals surface area contributed by atoms with Crippen molar-refractivity contribution in [3.8, 4) is 0 Å². The number of aryl methyl sites for hydroxylation is 1. The molecular formula is C18H22N2OS. The Morgan fingerprint density at radius 2 is 1.95 bits per heavy atom. The first-order valence-corrected chi connectivity index (χ1v) is 8.96. The van der Waals surface area contributed by atoms with E-state index in [-0.39, 0.29) is 5.78 Å². The molecule has 3 rings (SSSR count). The Labute approximate surface area is 136 Å². The van der Waals surface area contributed by atoms with Gasteiger partial charge in [-0.2, -0.15) is 0 Å². The average Bonchev–Trinajstić information content (AvgIpc) is 2.99. The van der Waals surface area contributed by atoms with Gasteiger partial charge in [0.2, 0.25) is 0 Å². The first-order valence-electron chi connectivity index (χ1n) is 7.97. The summed E-state index contributed by atoms with van der Waals surface area (Å²) in [4.78, 5) is 16.5. The lowest BCUT2D eigenvalue weighted by Gasteiger charge is -2.22. The number of Topliss-reactive ketones (excluding diaryl/α,β-unsaturated/α-hetero) is 1. The minimum absolute atomic E-state index is 0.170. The fourth-order valence-electron chi connectivity index (χ4n) is 3.08. The van der Waals surface area contributed by atoms with Crippen LogP contribution in [0.1, 0.15) is 53.9 Å². The zero-order valence-electron chi connectivity index (χ0n) is 13.0. The van der Waals surface area contributed by atoms with Gasteiger partial charge in [0.15, 0.2) is 10.9 Å². The lowest BCUT2D eigenvalue weighted by molar-refractivity contribution is 0.102. The standard InChI is InChI=1S/C18H22N2OS/c1-20-12-11-19-18(20)22-13-17(21)16-9-7-15(8-10-16)14-5-3-2-4-6-14/h7-12,14H,2-6,13H2,1H3. The maximum absolute atomic E-state index is 12.3. The fourth-order valence-corrected chi connectivity index (χ4v) is 3.91. The number of rotatable bonds is 5. The van der Waals surface area contributed by atoms with Crippen LogP contribution in [0.4, 0.5) is 0 Å². The maximum Gasteiger partial charge on any atom is 0.173 e. The molecule has 0 radical (unpaired) electrons. The lowest BCUT2D eigenvalue weighted by Crippen LogP contribution is -2.06. The lowest BCUT2D eigenvalue weighted by atomic mass is 9.84. The van der Waals surface area contributed by atoms with E-state index in [4.69, 9.17) is 0 Å². The van der Waals surface area contributed by atoms with Crippen LogP contribution in [-0.4, -0.2) is 21.1 Å². The Hall–Kier alpha value is -1.55. The summed E-state index contributed by atoms with van der Waals surface area (Å²) in [7, 11) is 1.94. The zero-order valence-corrected chi connectivity index (χ0v) is 13.8. The molecule has 1 aromatic carbocycles. The predicted octanol–water partition coefficient (Wildman–Crippen LogP) is 4.44. The van der Waals surface area contributed by atoms with E-state index >= 15 is 0 Å². The first kappa shape index (κ1) is 15.3. The Bertz CT molecular complexity index is 627. The molecule has 116 valence electrons. The molecule has 0 saturated heterocycles. The van der Waals surface area contributed by atoms with Crippen molar-refractivity contribution in [2.75, 3.05) is 5.75 Å². The summed E-state index contributed by atoms with van der Waals surface area (Å²) in [6.45, 7) is 0. The van der Waals surface area contributed by atoms with Crippen LogP contribution in [0.25, 0.3) is 0 Å². The van der Waals surface area contributed by atoms with Gasteiger partial charge >= 0.3 is 0 Å². The van der Waals surface area contributed by atoms with Gasteiger partial charge in [0.25, 0.3) is 0 Å². The molecule has 0 aliphatic heterocycles. The van der Waals surface area contributed by atoms with Gasteiger partial charge in [0.1, 0.15) is 0 Å². The van der Waals surface area contributed by atoms with E-state index in [1.807, 2.05) is 29.9 Å². The third-order valence-electron chi connectivity index (χ3n) is 4.42. The summed E-state index contributed by atoms with van der Waals surface area (Å²) in [6.07, 6.45) is 10.3. The number of imidazole rings is 1. The minimum Gasteiger partial charge on any atom is -0.329 e. The van der Waals surface area contributed by atoms with Crippen LogP contribution < -0.4 is 0 Å². The van der Waals surface area contributed by atoms with Crippen molar-refractivity contribution in [2.24, 2.45) is 7.05 Å². The maximum atomic E-state index is 12.3. The molecule has 0 bridgehead atoms. The second-order valence-electron chi connectivity index (χ2n) is 5.99. The number of ketones is 1. The Balaban J connectivity index is 1.59. The molecule has 1 aliphatic rings. The molecule has 0 amide bonds. The van der Waals surface area contributed by atoms with E-state index in [2.05, 4.69) is 17.1 Å². The molecule has 2 aromatic rings. The molecule has 1 aliphatic carbocycles. The second-order valence-corrected chi connectivity index (χ2v) is 6.93. The molecule has 0 spiro atoms. The number of hydrogen-bond donors (Lipinski definition) is 0. The van der Waals surface area contributed by atoms with Gasteiger partial charge in [0.05, 0.1) is 5.75 Å². The number of benzene rings is 1. The van der Waals surface area contributed by atoms with Crippen LogP contribution in [0.15, 0.2) is 41.8 Å². The smallest absolute Gasteiger partial charge is 0.173 e. The van der Waals surface area contributed by atoms with Crippen molar-refractivity contribution in [1.82, 2.24) is 9.55 Å². The fraction of sp³-hybridized carbons (Fsp3) is 0.444. The number of hydrogen-bond acceptors (Lipinski definition) is 3. The molecule has 1 heterocycles. The van der Waals surface area contributed by atoms with E-state index in [1.165, 1.54) is 49.4 Å². The van der Waals surface area contributed by atoms with Crippen molar-refractivity contribution in [2.45, 2.75) is 43.2 Å². The predicted molar refractivity (Wildman–Crippen MR) is 90.5 cm³/mol. The highest BCUT2D eigenvalue weighted by molar-refractivity contribution is 7.99. The highest BCUT2D eigenvalue weighted by atomic mass is 32.2. The Morgan fingerprint density at radius 1 is 1.23 bits per heavy atom. The van der Waals surface area contributed by atoms with E-state index in [1.54, 1.807) is 6.20 Å². The summed E-state index contributed by atoms with van der Waals surface area (Å²) < 4.78 is 1.93. The summed E-state index contributed by atoms with van der Waals surface area (Å²) in [5.41, 5.74) is 2.20. The van der Waals surface area contributed by atoms with Crippen LogP contribution in [-0.2, 0) is 7.05 Å². The first-order chi connectivity index (χ1) is 10.7. The average molecular weight is 314 g/mol. The third kappa shape index (κ3) is 3.61. The summed E-state index contributed by atoms with van der Waals surface area (Å²) in [5, 5.41) is 0.882. The number of aromatic nitrogens is 2. The highest BCUT2D eigenvalue weighted by Gasteiger charge is 2.16. The zero-order chi connectivity index (χ0) is 15.4. The van der Waals surface area contributed by atoms with Crippen molar-refractivity contribution < 1.29 is 4.79 Å². The van der Waals surface area contributed by atoms with Crippen molar-refractivity contribution in [3.05, 3.63) is 47.8 Å². The van der Waals surface area contributed by atoms with Crippen LogP contribution in [0.5, 0.6) is 0 Å². The normalized spacial score (nSPS) is 15.9. The topological polar surface area (TPSA) is 34.9 Å². The molecule has 1 aromatic heterocycles. The Kier molecular flexibility index (Phi) is 4.98. The van der Waals surface area contributed by atoms with E-state index in [0.717, 1.165) is 10.7 Å². The van der Waals surface area contributed by atoms with E-state index in [0.29, 0.717) is 11.7 Å². The van der Waals surface area contributed by atoms with Gasteiger partial charge in [-0.05, 0) is 24.3 Å². The SMILES string of the molecule is Cn1ccnc1SCC(=O)c1ccc(C2CCCCC2)cc1. The summed E-state index contributed by atoms with van der Waals surface area (Å²) in [5.74, 6) is 1.30. The molecular weight excluding hydrogens is 292 g/mol. The highest BCUT2D eigenvalue weighted by Crippen LogP contribution is 2.32. The largest absolute Gasteiger partial charge is 0.329 e. The molecule has 1 saturated carbocycles. The molecule has 22 heavy (non-hydrogen) atoms. The van der Waals surface area contributed by atoms with Crippen molar-refractivity contribution in [3.63, 3.8) is 0 Å².